The Kier molecular flexibility index (Phi) is 3.91. The van der Waals surface area contributed by atoms with Crippen LogP contribution in [0.25, 0.3) is 0 Å². The van der Waals surface area contributed by atoms with Crippen molar-refractivity contribution in [2.75, 3.05) is 19.6 Å². The molecule has 1 saturated heterocycles. The number of likely N-dealkylation sites (tertiary alicyclic amines) is 1. The molecule has 1 saturated carbocycles. The molecule has 1 aliphatic carbocycles. The molecule has 1 aliphatic heterocycles. The van der Waals surface area contributed by atoms with E-state index in [4.69, 9.17) is 5.73 Å². The maximum absolute atomic E-state index is 6.04. The van der Waals surface area contributed by atoms with Gasteiger partial charge in [-0.15, -0.1) is 0 Å². The van der Waals surface area contributed by atoms with E-state index in [9.17, 15) is 0 Å². The molecule has 16 heavy (non-hydrogen) atoms. The van der Waals surface area contributed by atoms with E-state index >= 15 is 0 Å². The van der Waals surface area contributed by atoms with Crippen molar-refractivity contribution in [1.82, 2.24) is 4.90 Å². The molecule has 0 amide bonds. The predicted molar refractivity (Wildman–Crippen MR) is 69.4 cm³/mol. The van der Waals surface area contributed by atoms with Crippen LogP contribution in [-0.4, -0.2) is 30.6 Å². The molecule has 2 heteroatoms. The number of nitrogens with zero attached hydrogens (tertiary/aromatic N) is 1. The molecule has 0 aromatic carbocycles. The van der Waals surface area contributed by atoms with E-state index in [1.54, 1.807) is 0 Å². The molecule has 2 N–H and O–H groups in total. The third-order valence-corrected chi connectivity index (χ3v) is 5.14. The van der Waals surface area contributed by atoms with Crippen molar-refractivity contribution in [2.24, 2.45) is 17.1 Å². The lowest BCUT2D eigenvalue weighted by Crippen LogP contribution is -2.49. The fourth-order valence-electron chi connectivity index (χ4n) is 3.63. The summed E-state index contributed by atoms with van der Waals surface area (Å²) in [5.74, 6) is 0.866. The summed E-state index contributed by atoms with van der Waals surface area (Å²) in [7, 11) is 0. The molecular formula is C14H28N2. The van der Waals surface area contributed by atoms with E-state index in [2.05, 4.69) is 18.7 Å². The summed E-state index contributed by atoms with van der Waals surface area (Å²) in [6.07, 6.45) is 8.31. The van der Waals surface area contributed by atoms with Gasteiger partial charge in [0, 0.05) is 12.6 Å². The lowest BCUT2D eigenvalue weighted by molar-refractivity contribution is 0.0641. The Labute approximate surface area is 101 Å². The van der Waals surface area contributed by atoms with Crippen molar-refractivity contribution in [3.63, 3.8) is 0 Å². The zero-order valence-electron chi connectivity index (χ0n) is 11.0. The molecule has 2 aliphatic rings. The maximum atomic E-state index is 6.04. The molecule has 2 rings (SSSR count). The third-order valence-electron chi connectivity index (χ3n) is 5.14. The first-order valence-corrected chi connectivity index (χ1v) is 7.11. The van der Waals surface area contributed by atoms with Gasteiger partial charge in [-0.2, -0.15) is 0 Å². The van der Waals surface area contributed by atoms with Gasteiger partial charge in [-0.25, -0.2) is 0 Å². The van der Waals surface area contributed by atoms with E-state index < -0.39 is 0 Å². The summed E-state index contributed by atoms with van der Waals surface area (Å²) in [5.41, 5.74) is 6.50. The van der Waals surface area contributed by atoms with Crippen LogP contribution in [0.4, 0.5) is 0 Å². The highest BCUT2D eigenvalue weighted by atomic mass is 15.2. The number of rotatable bonds is 3. The van der Waals surface area contributed by atoms with Crippen LogP contribution in [0.3, 0.4) is 0 Å². The highest BCUT2D eigenvalue weighted by Gasteiger charge is 2.36. The second-order valence-electron chi connectivity index (χ2n) is 6.24. The Bertz CT molecular complexity index is 221. The molecule has 1 heterocycles. The number of nitrogens with two attached hydrogens (primary N) is 1. The highest BCUT2D eigenvalue weighted by Crippen LogP contribution is 2.39. The Morgan fingerprint density at radius 1 is 1.19 bits per heavy atom. The van der Waals surface area contributed by atoms with Crippen LogP contribution in [0.1, 0.15) is 52.4 Å². The lowest BCUT2D eigenvalue weighted by Gasteiger charge is -2.43. The second-order valence-corrected chi connectivity index (χ2v) is 6.24. The van der Waals surface area contributed by atoms with E-state index in [1.165, 1.54) is 51.6 Å². The Morgan fingerprint density at radius 3 is 2.50 bits per heavy atom. The SMILES string of the molecule is CC1CCCN(CC2(CN)CCCC2)C1C. The van der Waals surface area contributed by atoms with Gasteiger partial charge >= 0.3 is 0 Å². The summed E-state index contributed by atoms with van der Waals surface area (Å²) >= 11 is 0. The van der Waals surface area contributed by atoms with Gasteiger partial charge in [0.2, 0.25) is 0 Å². The number of hydrogen-bond acceptors (Lipinski definition) is 2. The van der Waals surface area contributed by atoms with E-state index in [-0.39, 0.29) is 0 Å². The van der Waals surface area contributed by atoms with Crippen LogP contribution in [0, 0.1) is 11.3 Å². The van der Waals surface area contributed by atoms with E-state index in [1.807, 2.05) is 0 Å². The van der Waals surface area contributed by atoms with Crippen molar-refractivity contribution < 1.29 is 0 Å². The fraction of sp³-hybridized carbons (Fsp3) is 1.00. The van der Waals surface area contributed by atoms with Gasteiger partial charge in [-0.05, 0) is 57.0 Å². The zero-order valence-corrected chi connectivity index (χ0v) is 11.0. The van der Waals surface area contributed by atoms with E-state index in [0.29, 0.717) is 5.41 Å². The van der Waals surface area contributed by atoms with Gasteiger partial charge in [0.25, 0.3) is 0 Å². The molecule has 0 aromatic rings. The van der Waals surface area contributed by atoms with Crippen LogP contribution in [0.15, 0.2) is 0 Å². The standard InChI is InChI=1S/C14H28N2/c1-12-6-5-9-16(13(12)2)11-14(10-15)7-3-4-8-14/h12-13H,3-11,15H2,1-2H3. The van der Waals surface area contributed by atoms with Crippen molar-refractivity contribution in [2.45, 2.75) is 58.4 Å². The molecule has 0 aromatic heterocycles. The van der Waals surface area contributed by atoms with Gasteiger partial charge < -0.3 is 5.73 Å². The minimum Gasteiger partial charge on any atom is -0.330 e. The summed E-state index contributed by atoms with van der Waals surface area (Å²) in [6, 6.07) is 0.762. The van der Waals surface area contributed by atoms with Crippen LogP contribution in [0.5, 0.6) is 0 Å². The molecular weight excluding hydrogens is 196 g/mol. The molecule has 94 valence electrons. The first-order valence-electron chi connectivity index (χ1n) is 7.11. The predicted octanol–water partition coefficient (Wildman–Crippen LogP) is 2.63. The molecule has 2 atom stereocenters. The van der Waals surface area contributed by atoms with Crippen molar-refractivity contribution >= 4 is 0 Å². The maximum Gasteiger partial charge on any atom is 0.00928 e. The minimum absolute atomic E-state index is 0.464. The monoisotopic (exact) mass is 224 g/mol. The van der Waals surface area contributed by atoms with Crippen LogP contribution < -0.4 is 5.73 Å². The molecule has 2 fully saturated rings. The van der Waals surface area contributed by atoms with Crippen LogP contribution in [-0.2, 0) is 0 Å². The number of piperidine rings is 1. The number of hydrogen-bond donors (Lipinski definition) is 1. The summed E-state index contributed by atoms with van der Waals surface area (Å²) in [6.45, 7) is 8.26. The first kappa shape index (κ1) is 12.4. The van der Waals surface area contributed by atoms with E-state index in [0.717, 1.165) is 18.5 Å². The smallest absolute Gasteiger partial charge is 0.00928 e. The van der Waals surface area contributed by atoms with Crippen LogP contribution in [0.2, 0.25) is 0 Å². The lowest BCUT2D eigenvalue weighted by atomic mass is 9.83. The van der Waals surface area contributed by atoms with Gasteiger partial charge in [0.05, 0.1) is 0 Å². The van der Waals surface area contributed by atoms with Gasteiger partial charge in [0.15, 0.2) is 0 Å². The van der Waals surface area contributed by atoms with Crippen LogP contribution >= 0.6 is 0 Å². The van der Waals surface area contributed by atoms with Gasteiger partial charge in [-0.1, -0.05) is 19.8 Å². The van der Waals surface area contributed by atoms with Gasteiger partial charge in [-0.3, -0.25) is 4.90 Å². The first-order chi connectivity index (χ1) is 7.67. The average molecular weight is 224 g/mol. The van der Waals surface area contributed by atoms with Crippen molar-refractivity contribution in [1.29, 1.82) is 0 Å². The quantitative estimate of drug-likeness (QED) is 0.798. The fourth-order valence-corrected chi connectivity index (χ4v) is 3.63. The van der Waals surface area contributed by atoms with Gasteiger partial charge in [0.1, 0.15) is 0 Å². The zero-order chi connectivity index (χ0) is 11.6. The topological polar surface area (TPSA) is 29.3 Å². The molecule has 0 radical (unpaired) electrons. The molecule has 0 spiro atoms. The molecule has 2 unspecified atom stereocenters. The average Bonchev–Trinajstić information content (AvgIpc) is 2.74. The minimum atomic E-state index is 0.464. The highest BCUT2D eigenvalue weighted by molar-refractivity contribution is 4.91. The van der Waals surface area contributed by atoms with Crippen molar-refractivity contribution in [3.8, 4) is 0 Å². The second kappa shape index (κ2) is 5.05. The largest absolute Gasteiger partial charge is 0.330 e. The molecule has 0 bridgehead atoms. The summed E-state index contributed by atoms with van der Waals surface area (Å²) in [5, 5.41) is 0. The Hall–Kier alpha value is -0.0800. The third kappa shape index (κ3) is 2.43. The summed E-state index contributed by atoms with van der Waals surface area (Å²) < 4.78 is 0. The summed E-state index contributed by atoms with van der Waals surface area (Å²) in [4.78, 5) is 2.71. The normalized spacial score (nSPS) is 35.4. The molecule has 2 nitrogen and oxygen atoms in total. The Morgan fingerprint density at radius 2 is 1.88 bits per heavy atom. The van der Waals surface area contributed by atoms with Crippen molar-refractivity contribution in [3.05, 3.63) is 0 Å². The Balaban J connectivity index is 1.96.